The van der Waals surface area contributed by atoms with Crippen LogP contribution in [0.1, 0.15) is 94.7 Å². The van der Waals surface area contributed by atoms with Crippen molar-refractivity contribution in [3.8, 4) is 11.5 Å². The number of rotatable bonds is 15. The van der Waals surface area contributed by atoms with E-state index in [4.69, 9.17) is 9.47 Å². The molecule has 2 rings (SSSR count). The average Bonchev–Trinajstić information content (AvgIpc) is 3.12. The van der Waals surface area contributed by atoms with Gasteiger partial charge in [0.15, 0.2) is 0 Å². The molecule has 0 saturated carbocycles. The zero-order valence-corrected chi connectivity index (χ0v) is 20.5. The van der Waals surface area contributed by atoms with Crippen molar-refractivity contribution in [1.82, 2.24) is 0 Å². The van der Waals surface area contributed by atoms with Gasteiger partial charge in [-0.05, 0) is 0 Å². The van der Waals surface area contributed by atoms with Gasteiger partial charge in [-0.1, -0.05) is 0 Å². The molecule has 1 unspecified atom stereocenters. The van der Waals surface area contributed by atoms with E-state index >= 15 is 0 Å². The molecule has 1 aromatic carbocycles. The Kier molecular flexibility index (Phi) is 11.4. The van der Waals surface area contributed by atoms with E-state index in [0.717, 1.165) is 39.5 Å². The molecule has 2 nitrogen and oxygen atoms in total. The molecule has 0 aromatic heterocycles. The number of hydrogen-bond acceptors (Lipinski definition) is 2. The average molecular weight is 454 g/mol. The van der Waals surface area contributed by atoms with Gasteiger partial charge < -0.3 is 0 Å². The van der Waals surface area contributed by atoms with E-state index in [1.54, 1.807) is 0 Å². The van der Waals surface area contributed by atoms with Crippen molar-refractivity contribution < 1.29 is 9.47 Å². The molecular weight excluding hydrogens is 411 g/mol. The van der Waals surface area contributed by atoms with Gasteiger partial charge in [0.25, 0.3) is 0 Å². The van der Waals surface area contributed by atoms with Crippen molar-refractivity contribution >= 4 is 15.0 Å². The summed E-state index contributed by atoms with van der Waals surface area (Å²) in [4.78, 5) is 0. The maximum absolute atomic E-state index is 6.31. The third kappa shape index (κ3) is 7.64. The van der Waals surface area contributed by atoms with E-state index in [1.165, 1.54) is 91.5 Å². The maximum atomic E-state index is 6.31. The summed E-state index contributed by atoms with van der Waals surface area (Å²) in [6, 6.07) is 2.15. The molecule has 0 amide bonds. The molecule has 0 saturated heterocycles. The Hall–Kier alpha value is -0.661. The molecule has 160 valence electrons. The van der Waals surface area contributed by atoms with Gasteiger partial charge in [0.1, 0.15) is 0 Å². The van der Waals surface area contributed by atoms with Crippen LogP contribution in [0.25, 0.3) is 0 Å². The van der Waals surface area contributed by atoms with Crippen LogP contribution in [0.5, 0.6) is 11.5 Å². The fourth-order valence-electron chi connectivity index (χ4n) is 4.08. The van der Waals surface area contributed by atoms with Crippen LogP contribution < -0.4 is 9.47 Å². The van der Waals surface area contributed by atoms with E-state index < -0.39 is 0 Å². The van der Waals surface area contributed by atoms with Gasteiger partial charge in [-0.25, -0.2) is 0 Å². The topological polar surface area (TPSA) is 18.5 Å². The molecule has 0 N–H and O–H groups in total. The zero-order valence-electron chi connectivity index (χ0n) is 18.8. The van der Waals surface area contributed by atoms with Crippen molar-refractivity contribution in [2.24, 2.45) is 0 Å². The molecular formula is C25H42O2Se. The quantitative estimate of drug-likeness (QED) is 0.203. The monoisotopic (exact) mass is 454 g/mol. The zero-order chi connectivity index (χ0) is 20.2. The Morgan fingerprint density at radius 2 is 1.61 bits per heavy atom. The van der Waals surface area contributed by atoms with Gasteiger partial charge in [0.05, 0.1) is 0 Å². The molecule has 0 bridgehead atoms. The molecule has 1 aliphatic heterocycles. The molecule has 0 spiro atoms. The van der Waals surface area contributed by atoms with Gasteiger partial charge >= 0.3 is 180 Å². The second-order valence-electron chi connectivity index (χ2n) is 8.26. The van der Waals surface area contributed by atoms with E-state index in [9.17, 15) is 0 Å². The number of unbranched alkanes of at least 4 members (excludes halogenated alkanes) is 9. The number of fused-ring (bicyclic) bond motifs is 1. The Balaban J connectivity index is 1.55. The summed E-state index contributed by atoms with van der Waals surface area (Å²) in [6.07, 6.45) is 15.8. The Labute approximate surface area is 180 Å². The van der Waals surface area contributed by atoms with Crippen LogP contribution >= 0.6 is 0 Å². The SMILES string of the molecule is CCCCCCCCCCCC[Se]CC1Cc2c(C)c(OCC)cc(C)c2O1. The molecule has 0 radical (unpaired) electrons. The van der Waals surface area contributed by atoms with Crippen LogP contribution in [0.15, 0.2) is 6.07 Å². The van der Waals surface area contributed by atoms with Crippen molar-refractivity contribution in [1.29, 1.82) is 0 Å². The summed E-state index contributed by atoms with van der Waals surface area (Å²) in [5, 5.41) is 2.67. The van der Waals surface area contributed by atoms with E-state index in [-0.39, 0.29) is 0 Å². The fourth-order valence-corrected chi connectivity index (χ4v) is 6.23. The van der Waals surface area contributed by atoms with E-state index in [1.807, 2.05) is 0 Å². The van der Waals surface area contributed by atoms with Gasteiger partial charge in [0, 0.05) is 0 Å². The first-order valence-electron chi connectivity index (χ1n) is 11.7. The fraction of sp³-hybridized carbons (Fsp3) is 0.760. The predicted octanol–water partition coefficient (Wildman–Crippen LogP) is 7.47. The van der Waals surface area contributed by atoms with Gasteiger partial charge in [-0.15, -0.1) is 0 Å². The second-order valence-corrected chi connectivity index (χ2v) is 10.7. The molecule has 28 heavy (non-hydrogen) atoms. The van der Waals surface area contributed by atoms with Crippen molar-refractivity contribution in [2.75, 3.05) is 6.61 Å². The minimum atomic E-state index is 0.396. The standard InChI is InChI=1S/C25H42O2Se/c1-5-7-8-9-10-11-12-13-14-15-16-28-19-22-18-23-21(4)24(26-6-2)17-20(3)25(23)27-22/h17,22H,5-16,18-19H2,1-4H3. The summed E-state index contributed by atoms with van der Waals surface area (Å²) in [5.41, 5.74) is 3.91. The summed E-state index contributed by atoms with van der Waals surface area (Å²) in [7, 11) is 0. The molecule has 1 aromatic rings. The molecule has 1 aliphatic rings. The first-order valence-corrected chi connectivity index (χ1v) is 14.1. The molecule has 0 fully saturated rings. The van der Waals surface area contributed by atoms with E-state index in [0.29, 0.717) is 6.10 Å². The van der Waals surface area contributed by atoms with Crippen molar-refractivity contribution in [3.63, 3.8) is 0 Å². The molecule has 1 heterocycles. The molecule has 0 aliphatic carbocycles. The third-order valence-electron chi connectivity index (χ3n) is 5.76. The van der Waals surface area contributed by atoms with Crippen LogP contribution in [0.4, 0.5) is 0 Å². The Morgan fingerprint density at radius 3 is 2.25 bits per heavy atom. The number of benzene rings is 1. The Bertz CT molecular complexity index is 570. The van der Waals surface area contributed by atoms with Gasteiger partial charge in [0.2, 0.25) is 0 Å². The predicted molar refractivity (Wildman–Crippen MR) is 122 cm³/mol. The second kappa shape index (κ2) is 13.5. The Morgan fingerprint density at radius 1 is 0.964 bits per heavy atom. The van der Waals surface area contributed by atoms with E-state index in [2.05, 4.69) is 33.8 Å². The summed E-state index contributed by atoms with van der Waals surface area (Å²) in [6.45, 7) is 9.41. The number of aryl methyl sites for hydroxylation is 1. The number of hydrogen-bond donors (Lipinski definition) is 0. The summed E-state index contributed by atoms with van der Waals surface area (Å²) in [5.74, 6) is 2.18. The van der Waals surface area contributed by atoms with Crippen LogP contribution in [0.2, 0.25) is 10.6 Å². The summed E-state index contributed by atoms with van der Waals surface area (Å²) < 4.78 is 12.1. The first kappa shape index (κ1) is 23.6. The third-order valence-corrected chi connectivity index (χ3v) is 8.25. The van der Waals surface area contributed by atoms with Gasteiger partial charge in [-0.3, -0.25) is 0 Å². The first-order chi connectivity index (χ1) is 13.7. The van der Waals surface area contributed by atoms with Crippen LogP contribution in [-0.2, 0) is 6.42 Å². The normalized spacial score (nSPS) is 15.5. The van der Waals surface area contributed by atoms with Gasteiger partial charge in [-0.2, -0.15) is 0 Å². The van der Waals surface area contributed by atoms with Crippen LogP contribution in [0.3, 0.4) is 0 Å². The van der Waals surface area contributed by atoms with Crippen LogP contribution in [0, 0.1) is 13.8 Å². The van der Waals surface area contributed by atoms with Crippen LogP contribution in [-0.4, -0.2) is 27.7 Å². The summed E-state index contributed by atoms with van der Waals surface area (Å²) >= 11 is 0.720. The molecule has 3 heteroatoms. The molecule has 1 atom stereocenters. The van der Waals surface area contributed by atoms with Crippen molar-refractivity contribution in [3.05, 3.63) is 22.8 Å². The minimum absolute atomic E-state index is 0.396. The number of ether oxygens (including phenoxy) is 2. The van der Waals surface area contributed by atoms with Crippen molar-refractivity contribution in [2.45, 2.75) is 115 Å².